The number of hydrogen-bond donors (Lipinski definition) is 1. The van der Waals surface area contributed by atoms with Gasteiger partial charge in [0.1, 0.15) is 18.2 Å². The summed E-state index contributed by atoms with van der Waals surface area (Å²) in [6, 6.07) is 8.16. The first-order valence-corrected chi connectivity index (χ1v) is 7.29. The van der Waals surface area contributed by atoms with Crippen LogP contribution >= 0.6 is 31.9 Å². The maximum absolute atomic E-state index is 13.1. The van der Waals surface area contributed by atoms with Gasteiger partial charge in [-0.2, -0.15) is 0 Å². The van der Waals surface area contributed by atoms with Crippen molar-refractivity contribution in [3.63, 3.8) is 0 Å². The number of ether oxygens (including phenoxy) is 2. The van der Waals surface area contributed by atoms with Gasteiger partial charge < -0.3 is 15.2 Å². The van der Waals surface area contributed by atoms with Gasteiger partial charge in [-0.15, -0.1) is 0 Å². The highest BCUT2D eigenvalue weighted by Gasteiger charge is 2.09. The summed E-state index contributed by atoms with van der Waals surface area (Å²) in [5.74, 6) is 0.767. The molecule has 0 heterocycles. The summed E-state index contributed by atoms with van der Waals surface area (Å²) in [5, 5.41) is 0. The number of hydrogen-bond acceptors (Lipinski definition) is 3. The Balaban J connectivity index is 2.15. The van der Waals surface area contributed by atoms with Crippen molar-refractivity contribution in [3.8, 4) is 11.5 Å². The monoisotopic (exact) mass is 403 g/mol. The minimum atomic E-state index is -0.408. The van der Waals surface area contributed by atoms with Crippen molar-refractivity contribution >= 4 is 37.5 Å². The zero-order chi connectivity index (χ0) is 14.7. The molecule has 0 aliphatic carbocycles. The summed E-state index contributed by atoms with van der Waals surface area (Å²) < 4.78 is 25.2. The fourth-order valence-electron chi connectivity index (χ4n) is 1.69. The van der Waals surface area contributed by atoms with Crippen molar-refractivity contribution in [1.82, 2.24) is 0 Å². The summed E-state index contributed by atoms with van der Waals surface area (Å²) >= 11 is 6.64. The topological polar surface area (TPSA) is 44.5 Å². The molecule has 0 aliphatic rings. The average molecular weight is 405 g/mol. The first-order chi connectivity index (χ1) is 9.51. The van der Waals surface area contributed by atoms with E-state index in [1.54, 1.807) is 7.11 Å². The van der Waals surface area contributed by atoms with E-state index in [9.17, 15) is 4.39 Å². The normalized spacial score (nSPS) is 10.4. The molecule has 3 nitrogen and oxygen atoms in total. The SMILES string of the molecule is COc1ccc(COc2c(N)cc(F)cc2Br)cc1Br. The summed E-state index contributed by atoms with van der Waals surface area (Å²) in [5.41, 5.74) is 6.93. The van der Waals surface area contributed by atoms with Crippen molar-refractivity contribution in [2.24, 2.45) is 0 Å². The van der Waals surface area contributed by atoms with Crippen molar-refractivity contribution in [3.05, 3.63) is 50.7 Å². The molecule has 0 bridgehead atoms. The molecule has 0 radical (unpaired) electrons. The van der Waals surface area contributed by atoms with Crippen LogP contribution in [0, 0.1) is 5.82 Å². The minimum absolute atomic E-state index is 0.254. The first-order valence-electron chi connectivity index (χ1n) is 5.71. The number of nitrogens with two attached hydrogens (primary N) is 1. The van der Waals surface area contributed by atoms with E-state index in [2.05, 4.69) is 31.9 Å². The molecule has 0 atom stereocenters. The first kappa shape index (κ1) is 15.1. The molecule has 0 aliphatic heterocycles. The van der Waals surface area contributed by atoms with Crippen LogP contribution in [0.3, 0.4) is 0 Å². The second-order valence-corrected chi connectivity index (χ2v) is 5.77. The van der Waals surface area contributed by atoms with Crippen LogP contribution in [0.15, 0.2) is 39.3 Å². The lowest BCUT2D eigenvalue weighted by molar-refractivity contribution is 0.305. The Bertz CT molecular complexity index is 612. The molecule has 2 aromatic rings. The van der Waals surface area contributed by atoms with Gasteiger partial charge in [0.25, 0.3) is 0 Å². The Labute approximate surface area is 133 Å². The number of methoxy groups -OCH3 is 1. The summed E-state index contributed by atoms with van der Waals surface area (Å²) in [6.45, 7) is 0.316. The Morgan fingerprint density at radius 2 is 1.90 bits per heavy atom. The zero-order valence-corrected chi connectivity index (χ0v) is 13.8. The predicted octanol–water partition coefficient (Wildman–Crippen LogP) is 4.52. The number of anilines is 1. The number of rotatable bonds is 4. The molecular formula is C14H12Br2FNO2. The van der Waals surface area contributed by atoms with Gasteiger partial charge in [0.05, 0.1) is 21.7 Å². The van der Waals surface area contributed by atoms with Gasteiger partial charge in [-0.05, 0) is 55.6 Å². The van der Waals surface area contributed by atoms with Crippen molar-refractivity contribution in [2.75, 3.05) is 12.8 Å². The molecule has 0 unspecified atom stereocenters. The lowest BCUT2D eigenvalue weighted by Gasteiger charge is -2.12. The molecule has 0 spiro atoms. The molecule has 0 amide bonds. The summed E-state index contributed by atoms with van der Waals surface area (Å²) in [4.78, 5) is 0. The van der Waals surface area contributed by atoms with E-state index in [-0.39, 0.29) is 5.69 Å². The van der Waals surface area contributed by atoms with Crippen LogP contribution in [-0.4, -0.2) is 7.11 Å². The molecule has 0 saturated carbocycles. The Hall–Kier alpha value is -1.27. The highest BCUT2D eigenvalue weighted by molar-refractivity contribution is 9.10. The highest BCUT2D eigenvalue weighted by Crippen LogP contribution is 2.33. The third kappa shape index (κ3) is 3.43. The van der Waals surface area contributed by atoms with Gasteiger partial charge in [0.15, 0.2) is 5.75 Å². The van der Waals surface area contributed by atoms with Gasteiger partial charge in [-0.25, -0.2) is 4.39 Å². The largest absolute Gasteiger partial charge is 0.496 e. The van der Waals surface area contributed by atoms with E-state index in [1.807, 2.05) is 18.2 Å². The van der Waals surface area contributed by atoms with Crippen LogP contribution < -0.4 is 15.2 Å². The molecule has 0 saturated heterocycles. The van der Waals surface area contributed by atoms with Gasteiger partial charge in [0, 0.05) is 6.07 Å². The van der Waals surface area contributed by atoms with Crippen LogP contribution in [0.4, 0.5) is 10.1 Å². The van der Waals surface area contributed by atoms with E-state index < -0.39 is 5.82 Å². The molecule has 6 heteroatoms. The molecule has 2 N–H and O–H groups in total. The maximum atomic E-state index is 13.1. The molecule has 2 aromatic carbocycles. The van der Waals surface area contributed by atoms with Crippen LogP contribution in [0.1, 0.15) is 5.56 Å². The molecule has 20 heavy (non-hydrogen) atoms. The van der Waals surface area contributed by atoms with Gasteiger partial charge in [-0.3, -0.25) is 0 Å². The third-order valence-electron chi connectivity index (χ3n) is 2.64. The number of halogens is 3. The van der Waals surface area contributed by atoms with Crippen molar-refractivity contribution < 1.29 is 13.9 Å². The van der Waals surface area contributed by atoms with E-state index >= 15 is 0 Å². The number of benzene rings is 2. The average Bonchev–Trinajstić information content (AvgIpc) is 2.37. The van der Waals surface area contributed by atoms with Crippen molar-refractivity contribution in [1.29, 1.82) is 0 Å². The molecule has 0 aromatic heterocycles. The number of nitrogen functional groups attached to an aromatic ring is 1. The lowest BCUT2D eigenvalue weighted by Crippen LogP contribution is -2.00. The molecule has 106 valence electrons. The molecular weight excluding hydrogens is 393 g/mol. The maximum Gasteiger partial charge on any atom is 0.157 e. The molecule has 2 rings (SSSR count). The van der Waals surface area contributed by atoms with Gasteiger partial charge >= 0.3 is 0 Å². The fourth-order valence-corrected chi connectivity index (χ4v) is 2.84. The standard InChI is InChI=1S/C14H12Br2FNO2/c1-19-13-3-2-8(4-10(13)15)7-20-14-11(16)5-9(17)6-12(14)18/h2-6H,7,18H2,1H3. The predicted molar refractivity (Wildman–Crippen MR) is 83.5 cm³/mol. The second kappa shape index (κ2) is 6.45. The van der Waals surface area contributed by atoms with E-state index in [0.717, 1.165) is 15.8 Å². The van der Waals surface area contributed by atoms with Crippen molar-refractivity contribution in [2.45, 2.75) is 6.61 Å². The smallest absolute Gasteiger partial charge is 0.157 e. The van der Waals surface area contributed by atoms with Crippen LogP contribution in [0.2, 0.25) is 0 Å². The Kier molecular flexibility index (Phi) is 4.88. The molecule has 0 fully saturated rings. The Morgan fingerprint density at radius 3 is 2.50 bits per heavy atom. The Morgan fingerprint density at radius 1 is 1.15 bits per heavy atom. The highest BCUT2D eigenvalue weighted by atomic mass is 79.9. The van der Waals surface area contributed by atoms with Gasteiger partial charge in [0.2, 0.25) is 0 Å². The summed E-state index contributed by atoms with van der Waals surface area (Å²) in [6.07, 6.45) is 0. The van der Waals surface area contributed by atoms with Gasteiger partial charge in [-0.1, -0.05) is 6.07 Å². The van der Waals surface area contributed by atoms with E-state index in [4.69, 9.17) is 15.2 Å². The third-order valence-corrected chi connectivity index (χ3v) is 3.85. The second-order valence-electron chi connectivity index (χ2n) is 4.06. The lowest BCUT2D eigenvalue weighted by atomic mass is 10.2. The quantitative estimate of drug-likeness (QED) is 0.762. The zero-order valence-electron chi connectivity index (χ0n) is 10.6. The summed E-state index contributed by atoms with van der Waals surface area (Å²) in [7, 11) is 1.60. The van der Waals surface area contributed by atoms with Crippen LogP contribution in [-0.2, 0) is 6.61 Å². The van der Waals surface area contributed by atoms with Crippen LogP contribution in [0.25, 0.3) is 0 Å². The van der Waals surface area contributed by atoms with Crippen LogP contribution in [0.5, 0.6) is 11.5 Å². The minimum Gasteiger partial charge on any atom is -0.496 e. The fraction of sp³-hybridized carbons (Fsp3) is 0.143. The van der Waals surface area contributed by atoms with E-state index in [1.165, 1.54) is 12.1 Å². The van der Waals surface area contributed by atoms with E-state index in [0.29, 0.717) is 16.8 Å².